The minimum atomic E-state index is -4.20. The van der Waals surface area contributed by atoms with Crippen molar-refractivity contribution in [2.45, 2.75) is 70.5 Å². The van der Waals surface area contributed by atoms with E-state index in [1.165, 1.54) is 29.2 Å². The molecule has 0 aliphatic heterocycles. The van der Waals surface area contributed by atoms with Crippen LogP contribution in [0, 0.1) is 12.7 Å². The predicted molar refractivity (Wildman–Crippen MR) is 180 cm³/mol. The number of benzene rings is 4. The maximum absolute atomic E-state index is 14.6. The van der Waals surface area contributed by atoms with Crippen molar-refractivity contribution < 1.29 is 22.4 Å². The number of nitrogens with one attached hydrogen (secondary N) is 1. The van der Waals surface area contributed by atoms with Gasteiger partial charge in [0.15, 0.2) is 0 Å². The SMILES string of the molecule is CCc1ccccc1N(CC(=O)N(Cc1ccc(F)cc1)[C@@H](Cc1ccccc1)C(=O)N[C@@H](C)CC)S(=O)(=O)c1ccc(C)cc1. The molecule has 2 amide bonds. The number of para-hydroxylation sites is 1. The highest BCUT2D eigenvalue weighted by Crippen LogP contribution is 2.29. The van der Waals surface area contributed by atoms with Crippen molar-refractivity contribution in [3.8, 4) is 0 Å². The van der Waals surface area contributed by atoms with Gasteiger partial charge in [0, 0.05) is 19.0 Å². The number of amides is 2. The van der Waals surface area contributed by atoms with Crippen LogP contribution in [0.4, 0.5) is 10.1 Å². The molecule has 0 saturated heterocycles. The zero-order valence-electron chi connectivity index (χ0n) is 26.8. The van der Waals surface area contributed by atoms with Gasteiger partial charge in [-0.2, -0.15) is 0 Å². The first-order valence-corrected chi connectivity index (χ1v) is 17.0. The van der Waals surface area contributed by atoms with Gasteiger partial charge in [-0.1, -0.05) is 92.2 Å². The Kier molecular flexibility index (Phi) is 11.7. The summed E-state index contributed by atoms with van der Waals surface area (Å²) >= 11 is 0. The van der Waals surface area contributed by atoms with Crippen LogP contribution in [0.25, 0.3) is 0 Å². The number of nitrogens with zero attached hydrogens (tertiary/aromatic N) is 2. The molecule has 0 radical (unpaired) electrons. The molecule has 0 aromatic heterocycles. The quantitative estimate of drug-likeness (QED) is 0.171. The van der Waals surface area contributed by atoms with Gasteiger partial charge in [-0.15, -0.1) is 0 Å². The van der Waals surface area contributed by atoms with Gasteiger partial charge in [0.05, 0.1) is 10.6 Å². The molecule has 242 valence electrons. The van der Waals surface area contributed by atoms with Crippen LogP contribution in [-0.4, -0.2) is 43.8 Å². The molecule has 0 saturated carbocycles. The molecule has 4 rings (SSSR count). The van der Waals surface area contributed by atoms with Crippen LogP contribution in [0.1, 0.15) is 49.4 Å². The van der Waals surface area contributed by atoms with Gasteiger partial charge in [0.2, 0.25) is 11.8 Å². The van der Waals surface area contributed by atoms with Gasteiger partial charge < -0.3 is 10.2 Å². The van der Waals surface area contributed by atoms with Crippen LogP contribution in [0.2, 0.25) is 0 Å². The highest BCUT2D eigenvalue weighted by Gasteiger charge is 2.35. The van der Waals surface area contributed by atoms with Gasteiger partial charge in [0.1, 0.15) is 18.4 Å². The van der Waals surface area contributed by atoms with Crippen molar-refractivity contribution in [2.75, 3.05) is 10.8 Å². The maximum atomic E-state index is 14.6. The number of hydrogen-bond donors (Lipinski definition) is 1. The third-order valence-corrected chi connectivity index (χ3v) is 9.84. The molecule has 0 aliphatic carbocycles. The molecule has 0 bridgehead atoms. The van der Waals surface area contributed by atoms with Gasteiger partial charge in [-0.25, -0.2) is 12.8 Å². The normalized spacial score (nSPS) is 12.6. The van der Waals surface area contributed by atoms with Crippen molar-refractivity contribution in [2.24, 2.45) is 0 Å². The van der Waals surface area contributed by atoms with Crippen molar-refractivity contribution in [3.05, 3.63) is 131 Å². The van der Waals surface area contributed by atoms with Gasteiger partial charge in [0.25, 0.3) is 10.0 Å². The van der Waals surface area contributed by atoms with Crippen molar-refractivity contribution >= 4 is 27.5 Å². The molecule has 0 aliphatic rings. The minimum absolute atomic E-state index is 0.0294. The molecule has 2 atom stereocenters. The summed E-state index contributed by atoms with van der Waals surface area (Å²) in [6.07, 6.45) is 1.43. The zero-order chi connectivity index (χ0) is 33.3. The average Bonchev–Trinajstić information content (AvgIpc) is 3.06. The van der Waals surface area contributed by atoms with Gasteiger partial charge >= 0.3 is 0 Å². The number of rotatable bonds is 14. The van der Waals surface area contributed by atoms with Crippen LogP contribution >= 0.6 is 0 Å². The van der Waals surface area contributed by atoms with Crippen molar-refractivity contribution in [1.29, 1.82) is 0 Å². The lowest BCUT2D eigenvalue weighted by Crippen LogP contribution is -2.54. The van der Waals surface area contributed by atoms with E-state index in [1.54, 1.807) is 36.4 Å². The number of carbonyl (C=O) groups excluding carboxylic acids is 2. The summed E-state index contributed by atoms with van der Waals surface area (Å²) in [6, 6.07) is 27.6. The molecule has 1 N–H and O–H groups in total. The number of carbonyl (C=O) groups is 2. The summed E-state index contributed by atoms with van der Waals surface area (Å²) in [5.41, 5.74) is 3.49. The second kappa shape index (κ2) is 15.7. The maximum Gasteiger partial charge on any atom is 0.264 e. The third-order valence-electron chi connectivity index (χ3n) is 8.07. The Morgan fingerprint density at radius 3 is 2.09 bits per heavy atom. The molecule has 0 unspecified atom stereocenters. The van der Waals surface area contributed by atoms with E-state index in [4.69, 9.17) is 0 Å². The van der Waals surface area contributed by atoms with E-state index in [0.29, 0.717) is 24.1 Å². The molecule has 4 aromatic rings. The Labute approximate surface area is 272 Å². The first-order chi connectivity index (χ1) is 22.0. The van der Waals surface area contributed by atoms with Gasteiger partial charge in [-0.3, -0.25) is 13.9 Å². The smallest absolute Gasteiger partial charge is 0.264 e. The highest BCUT2D eigenvalue weighted by atomic mass is 32.2. The zero-order valence-corrected chi connectivity index (χ0v) is 27.6. The Balaban J connectivity index is 1.83. The van der Waals surface area contributed by atoms with E-state index < -0.39 is 34.3 Å². The summed E-state index contributed by atoms with van der Waals surface area (Å²) < 4.78 is 43.6. The molecular weight excluding hydrogens is 601 g/mol. The molecule has 9 heteroatoms. The highest BCUT2D eigenvalue weighted by molar-refractivity contribution is 7.92. The Morgan fingerprint density at radius 2 is 1.46 bits per heavy atom. The first-order valence-electron chi connectivity index (χ1n) is 15.6. The topological polar surface area (TPSA) is 86.8 Å². The standard InChI is InChI=1S/C37H42FN3O4S/c1-5-28(4)39-37(43)35(24-29-12-8-7-9-13-29)40(25-30-18-20-32(38)21-19-30)36(42)26-41(34-15-11-10-14-31(34)6-2)46(44,45)33-22-16-27(3)17-23-33/h7-23,28,35H,5-6,24-26H2,1-4H3,(H,39,43)/t28-,35-/m0/s1. The second-order valence-electron chi connectivity index (χ2n) is 11.5. The van der Waals surface area contributed by atoms with E-state index in [2.05, 4.69) is 5.32 Å². The van der Waals surface area contributed by atoms with Gasteiger partial charge in [-0.05, 0) is 73.7 Å². The number of hydrogen-bond acceptors (Lipinski definition) is 4. The van der Waals surface area contributed by atoms with Crippen LogP contribution in [0.3, 0.4) is 0 Å². The fourth-order valence-corrected chi connectivity index (χ4v) is 6.64. The fourth-order valence-electron chi connectivity index (χ4n) is 5.19. The average molecular weight is 644 g/mol. The van der Waals surface area contributed by atoms with E-state index in [0.717, 1.165) is 21.0 Å². The summed E-state index contributed by atoms with van der Waals surface area (Å²) in [6.45, 7) is 7.06. The van der Waals surface area contributed by atoms with Crippen LogP contribution in [0.5, 0.6) is 0 Å². The number of sulfonamides is 1. The molecule has 0 heterocycles. The lowest BCUT2D eigenvalue weighted by molar-refractivity contribution is -0.140. The second-order valence-corrected chi connectivity index (χ2v) is 13.3. The molecular formula is C37H42FN3O4S. The Morgan fingerprint density at radius 1 is 0.826 bits per heavy atom. The largest absolute Gasteiger partial charge is 0.352 e. The third kappa shape index (κ3) is 8.60. The summed E-state index contributed by atoms with van der Waals surface area (Å²) in [5, 5.41) is 3.02. The first kappa shape index (κ1) is 34.4. The lowest BCUT2D eigenvalue weighted by Gasteiger charge is -2.34. The summed E-state index contributed by atoms with van der Waals surface area (Å²) in [5.74, 6) is -1.34. The summed E-state index contributed by atoms with van der Waals surface area (Å²) in [4.78, 5) is 30.0. The van der Waals surface area contributed by atoms with Crippen molar-refractivity contribution in [1.82, 2.24) is 10.2 Å². The molecule has 7 nitrogen and oxygen atoms in total. The predicted octanol–water partition coefficient (Wildman–Crippen LogP) is 6.45. The number of aryl methyl sites for hydroxylation is 2. The van der Waals surface area contributed by atoms with E-state index in [1.807, 2.05) is 70.2 Å². The molecule has 4 aromatic carbocycles. The Hall–Kier alpha value is -4.50. The molecule has 0 fully saturated rings. The Bertz CT molecular complexity index is 1710. The van der Waals surface area contributed by atoms with Crippen molar-refractivity contribution in [3.63, 3.8) is 0 Å². The van der Waals surface area contributed by atoms with Crippen LogP contribution in [-0.2, 0) is 39.0 Å². The summed E-state index contributed by atoms with van der Waals surface area (Å²) in [7, 11) is -4.20. The van der Waals surface area contributed by atoms with E-state index >= 15 is 0 Å². The molecule has 46 heavy (non-hydrogen) atoms. The number of anilines is 1. The monoisotopic (exact) mass is 643 g/mol. The van der Waals surface area contributed by atoms with E-state index in [9.17, 15) is 22.4 Å². The van der Waals surface area contributed by atoms with Crippen LogP contribution < -0.4 is 9.62 Å². The van der Waals surface area contributed by atoms with E-state index in [-0.39, 0.29) is 29.8 Å². The minimum Gasteiger partial charge on any atom is -0.352 e. The molecule has 0 spiro atoms. The lowest BCUT2D eigenvalue weighted by atomic mass is 10.0. The number of halogens is 1. The van der Waals surface area contributed by atoms with Crippen LogP contribution in [0.15, 0.2) is 108 Å². The fraction of sp³-hybridized carbons (Fsp3) is 0.297.